The highest BCUT2D eigenvalue weighted by molar-refractivity contribution is 5.84. The van der Waals surface area contributed by atoms with Crippen LogP contribution in [0.5, 0.6) is 0 Å². The number of hydrogen-bond donors (Lipinski definition) is 6. The van der Waals surface area contributed by atoms with E-state index < -0.39 is 24.0 Å². The molecule has 4 atom stereocenters. The van der Waals surface area contributed by atoms with Crippen molar-refractivity contribution in [2.45, 2.75) is 128 Å². The molecule has 10 heteroatoms. The molecule has 2 fully saturated rings. The lowest BCUT2D eigenvalue weighted by Gasteiger charge is -2.26. The topological polar surface area (TPSA) is 157 Å². The van der Waals surface area contributed by atoms with Crippen molar-refractivity contribution >= 4 is 23.6 Å². The first-order valence-corrected chi connectivity index (χ1v) is 13.9. The third-order valence-corrected chi connectivity index (χ3v) is 7.34. The standard InChI is InChI=1S/C26H46N4O6/c31-21-15-11-9-13-19(21)25(35)29-27-23(33)17-7-5-3-1-2-4-6-8-18-24(34)28-30-26(36)20-14-10-12-16-22(20)32/h19-22,31-32H,1-18H2,(H,27,33)(H,28,34)(H,29,35)(H,30,36). The minimum atomic E-state index is -0.623. The van der Waals surface area contributed by atoms with Crippen LogP contribution in [0.1, 0.15) is 116 Å². The van der Waals surface area contributed by atoms with E-state index in [2.05, 4.69) is 21.7 Å². The van der Waals surface area contributed by atoms with Crippen LogP contribution in [-0.2, 0) is 19.2 Å². The molecule has 0 radical (unpaired) electrons. The molecule has 0 heterocycles. The molecule has 0 aromatic heterocycles. The number of unbranched alkanes of at least 4 members (excludes halogenated alkanes) is 7. The van der Waals surface area contributed by atoms with Crippen LogP contribution in [0.3, 0.4) is 0 Å². The Balaban J connectivity index is 1.37. The van der Waals surface area contributed by atoms with Crippen LogP contribution >= 0.6 is 0 Å². The van der Waals surface area contributed by atoms with Crippen molar-refractivity contribution in [3.63, 3.8) is 0 Å². The smallest absolute Gasteiger partial charge is 0.244 e. The average molecular weight is 511 g/mol. The van der Waals surface area contributed by atoms with Gasteiger partial charge in [-0.1, -0.05) is 64.2 Å². The fourth-order valence-electron chi connectivity index (χ4n) is 5.04. The summed E-state index contributed by atoms with van der Waals surface area (Å²) in [6.07, 6.45) is 13.4. The summed E-state index contributed by atoms with van der Waals surface area (Å²) < 4.78 is 0. The van der Waals surface area contributed by atoms with Crippen LogP contribution < -0.4 is 21.7 Å². The maximum atomic E-state index is 12.1. The van der Waals surface area contributed by atoms with Gasteiger partial charge in [0.2, 0.25) is 23.6 Å². The van der Waals surface area contributed by atoms with Crippen molar-refractivity contribution < 1.29 is 29.4 Å². The maximum absolute atomic E-state index is 12.1. The lowest BCUT2D eigenvalue weighted by atomic mass is 9.86. The molecule has 2 aliphatic rings. The molecule has 0 bridgehead atoms. The van der Waals surface area contributed by atoms with E-state index in [9.17, 15) is 29.4 Å². The Hall–Kier alpha value is -2.20. The van der Waals surface area contributed by atoms with E-state index in [0.717, 1.165) is 77.0 Å². The molecule has 0 aromatic rings. The van der Waals surface area contributed by atoms with Gasteiger partial charge in [-0.3, -0.25) is 40.9 Å². The lowest BCUT2D eigenvalue weighted by Crippen LogP contribution is -2.47. The van der Waals surface area contributed by atoms with Gasteiger partial charge in [0.25, 0.3) is 0 Å². The van der Waals surface area contributed by atoms with E-state index >= 15 is 0 Å². The molecule has 6 N–H and O–H groups in total. The Bertz CT molecular complexity index is 646. The predicted molar refractivity (Wildman–Crippen MR) is 135 cm³/mol. The normalized spacial score (nSPS) is 23.9. The molecule has 2 saturated carbocycles. The number of aliphatic hydroxyl groups excluding tert-OH is 2. The Kier molecular flexibility index (Phi) is 14.4. The second-order valence-electron chi connectivity index (χ2n) is 10.3. The van der Waals surface area contributed by atoms with Gasteiger partial charge in [0, 0.05) is 12.8 Å². The lowest BCUT2D eigenvalue weighted by molar-refractivity contribution is -0.135. The van der Waals surface area contributed by atoms with Gasteiger partial charge in [0.05, 0.1) is 24.0 Å². The summed E-state index contributed by atoms with van der Waals surface area (Å²) in [7, 11) is 0. The molecule has 2 aliphatic carbocycles. The van der Waals surface area contributed by atoms with E-state index in [0.29, 0.717) is 38.5 Å². The van der Waals surface area contributed by atoms with Crippen LogP contribution in [0.25, 0.3) is 0 Å². The Labute approximate surface area is 214 Å². The molecule has 0 saturated heterocycles. The van der Waals surface area contributed by atoms with Gasteiger partial charge in [-0.2, -0.15) is 0 Å². The van der Waals surface area contributed by atoms with Gasteiger partial charge in [-0.05, 0) is 38.5 Å². The number of carbonyl (C=O) groups is 4. The Morgan fingerprint density at radius 3 is 1.19 bits per heavy atom. The largest absolute Gasteiger partial charge is 0.392 e. The molecule has 2 rings (SSSR count). The molecule has 36 heavy (non-hydrogen) atoms. The number of carbonyl (C=O) groups excluding carboxylic acids is 4. The molecule has 10 nitrogen and oxygen atoms in total. The van der Waals surface area contributed by atoms with E-state index in [1.807, 2.05) is 0 Å². The van der Waals surface area contributed by atoms with Crippen molar-refractivity contribution in [1.82, 2.24) is 21.7 Å². The summed E-state index contributed by atoms with van der Waals surface area (Å²) in [5, 5.41) is 19.8. The van der Waals surface area contributed by atoms with E-state index in [1.165, 1.54) is 0 Å². The minimum absolute atomic E-state index is 0.210. The first kappa shape index (κ1) is 30.0. The summed E-state index contributed by atoms with van der Waals surface area (Å²) in [6, 6.07) is 0. The van der Waals surface area contributed by atoms with E-state index in [4.69, 9.17) is 0 Å². The molecular formula is C26H46N4O6. The number of aliphatic hydroxyl groups is 2. The van der Waals surface area contributed by atoms with Crippen molar-refractivity contribution in [2.75, 3.05) is 0 Å². The van der Waals surface area contributed by atoms with E-state index in [-0.39, 0.29) is 23.6 Å². The fraction of sp³-hybridized carbons (Fsp3) is 0.846. The fourth-order valence-corrected chi connectivity index (χ4v) is 5.04. The summed E-state index contributed by atoms with van der Waals surface area (Å²) in [5.41, 5.74) is 9.79. The number of amides is 4. The Morgan fingerprint density at radius 1 is 0.500 bits per heavy atom. The monoisotopic (exact) mass is 510 g/mol. The van der Waals surface area contributed by atoms with Gasteiger partial charge in [-0.15, -0.1) is 0 Å². The maximum Gasteiger partial charge on any atom is 0.244 e. The highest BCUT2D eigenvalue weighted by Gasteiger charge is 2.30. The van der Waals surface area contributed by atoms with Crippen molar-refractivity contribution in [2.24, 2.45) is 11.8 Å². The average Bonchev–Trinajstić information content (AvgIpc) is 2.87. The van der Waals surface area contributed by atoms with E-state index in [1.54, 1.807) is 0 Å². The zero-order valence-electron chi connectivity index (χ0n) is 21.6. The molecule has 0 aromatic carbocycles. The van der Waals surface area contributed by atoms with Crippen LogP contribution in [0.15, 0.2) is 0 Å². The second-order valence-corrected chi connectivity index (χ2v) is 10.3. The molecule has 206 valence electrons. The third kappa shape index (κ3) is 11.7. The summed E-state index contributed by atoms with van der Waals surface area (Å²) in [6.45, 7) is 0. The highest BCUT2D eigenvalue weighted by Crippen LogP contribution is 2.25. The zero-order chi connectivity index (χ0) is 26.2. The van der Waals surface area contributed by atoms with Crippen molar-refractivity contribution in [3.8, 4) is 0 Å². The van der Waals surface area contributed by atoms with Gasteiger partial charge < -0.3 is 10.2 Å². The van der Waals surface area contributed by atoms with Gasteiger partial charge >= 0.3 is 0 Å². The van der Waals surface area contributed by atoms with Crippen molar-refractivity contribution in [3.05, 3.63) is 0 Å². The number of hydrazine groups is 2. The molecule has 4 unspecified atom stereocenters. The number of rotatable bonds is 13. The molecule has 4 amide bonds. The summed E-state index contributed by atoms with van der Waals surface area (Å²) in [5.74, 6) is -1.91. The van der Waals surface area contributed by atoms with Crippen LogP contribution in [-0.4, -0.2) is 46.0 Å². The Morgan fingerprint density at radius 2 is 0.833 bits per heavy atom. The second kappa shape index (κ2) is 17.3. The molecular weight excluding hydrogens is 464 g/mol. The van der Waals surface area contributed by atoms with Crippen molar-refractivity contribution in [1.29, 1.82) is 0 Å². The van der Waals surface area contributed by atoms with Crippen LogP contribution in [0.4, 0.5) is 0 Å². The highest BCUT2D eigenvalue weighted by atomic mass is 16.3. The quantitative estimate of drug-likeness (QED) is 0.165. The van der Waals surface area contributed by atoms with Crippen LogP contribution in [0, 0.1) is 11.8 Å². The van der Waals surface area contributed by atoms with Crippen LogP contribution in [0.2, 0.25) is 0 Å². The minimum Gasteiger partial charge on any atom is -0.392 e. The summed E-state index contributed by atoms with van der Waals surface area (Å²) >= 11 is 0. The summed E-state index contributed by atoms with van der Waals surface area (Å²) in [4.78, 5) is 47.9. The number of nitrogens with one attached hydrogen (secondary N) is 4. The third-order valence-electron chi connectivity index (χ3n) is 7.34. The number of hydrogen-bond acceptors (Lipinski definition) is 6. The zero-order valence-corrected chi connectivity index (χ0v) is 21.6. The first-order valence-electron chi connectivity index (χ1n) is 13.9. The van der Waals surface area contributed by atoms with Gasteiger partial charge in [-0.25, -0.2) is 0 Å². The predicted octanol–water partition coefficient (Wildman–Crippen LogP) is 2.28. The molecule has 0 aliphatic heterocycles. The van der Waals surface area contributed by atoms with Gasteiger partial charge in [0.15, 0.2) is 0 Å². The first-order chi connectivity index (χ1) is 17.4. The molecule has 0 spiro atoms. The van der Waals surface area contributed by atoms with Gasteiger partial charge in [0.1, 0.15) is 0 Å². The SMILES string of the molecule is O=C(CCCCCCCCCCC(=O)NNC(=O)C1CCCCC1O)NNC(=O)C1CCCCC1O.